The first-order valence-corrected chi connectivity index (χ1v) is 5.78. The maximum absolute atomic E-state index is 13.2. The first-order valence-electron chi connectivity index (χ1n) is 4.99. The lowest BCUT2D eigenvalue weighted by atomic mass is 10.2. The van der Waals surface area contributed by atoms with Gasteiger partial charge in [0.05, 0.1) is 11.0 Å². The monoisotopic (exact) mass is 425 g/mol. The summed E-state index contributed by atoms with van der Waals surface area (Å²) < 4.78 is 13.7. The van der Waals surface area contributed by atoms with Crippen molar-refractivity contribution in [2.24, 2.45) is 4.99 Å². The molecule has 3 nitrogen and oxygen atoms in total. The summed E-state index contributed by atoms with van der Waals surface area (Å²) in [6, 6.07) is 4.96. The van der Waals surface area contributed by atoms with E-state index in [0.29, 0.717) is 23.5 Å². The highest BCUT2D eigenvalue weighted by molar-refractivity contribution is 14.0. The van der Waals surface area contributed by atoms with Gasteiger partial charge in [-0.1, -0.05) is 12.0 Å². The predicted molar refractivity (Wildman–Crippen MR) is 86.5 cm³/mol. The first kappa shape index (κ1) is 17.2. The lowest BCUT2D eigenvalue weighted by molar-refractivity contribution is 0.618. The van der Waals surface area contributed by atoms with Gasteiger partial charge in [-0.25, -0.2) is 4.39 Å². The molecule has 18 heavy (non-hydrogen) atoms. The van der Waals surface area contributed by atoms with Crippen molar-refractivity contribution >= 4 is 45.9 Å². The summed E-state index contributed by atoms with van der Waals surface area (Å²) in [5.41, 5.74) is 0.828. The third kappa shape index (κ3) is 5.69. The number of rotatable bonds is 3. The molecule has 0 aliphatic rings. The molecule has 0 spiro atoms. The number of aliphatic imine (C=N–C) groups is 1. The minimum atomic E-state index is -0.282. The van der Waals surface area contributed by atoms with E-state index < -0.39 is 0 Å². The second-order valence-corrected chi connectivity index (χ2v) is 4.09. The van der Waals surface area contributed by atoms with Gasteiger partial charge in [0.2, 0.25) is 0 Å². The van der Waals surface area contributed by atoms with E-state index in [1.165, 1.54) is 6.07 Å². The predicted octanol–water partition coefficient (Wildman–Crippen LogP) is 2.50. The van der Waals surface area contributed by atoms with Crippen LogP contribution in [0, 0.1) is 18.2 Å². The summed E-state index contributed by atoms with van der Waals surface area (Å²) in [5.74, 6) is 2.76. The molecule has 0 bridgehead atoms. The standard InChI is InChI=1S/C12H13BrFN3.HI/c1-3-6-16-12(15-2)17-8-9-4-5-10(13)11(14)7-9;/h1,4-5,7H,6,8H2,2H3,(H2,15,16,17);1H. The highest BCUT2D eigenvalue weighted by Gasteiger charge is 2.01. The van der Waals surface area contributed by atoms with Crippen LogP contribution in [0.5, 0.6) is 0 Å². The lowest BCUT2D eigenvalue weighted by Crippen LogP contribution is -2.36. The van der Waals surface area contributed by atoms with Crippen LogP contribution in [0.2, 0.25) is 0 Å². The van der Waals surface area contributed by atoms with E-state index in [9.17, 15) is 4.39 Å². The third-order valence-electron chi connectivity index (χ3n) is 2.03. The minimum Gasteiger partial charge on any atom is -0.352 e. The Morgan fingerprint density at radius 2 is 2.22 bits per heavy atom. The molecule has 2 N–H and O–H groups in total. The number of benzene rings is 1. The molecule has 6 heteroatoms. The van der Waals surface area contributed by atoms with Gasteiger partial charge in [-0.2, -0.15) is 0 Å². The number of halogens is 3. The molecule has 0 aliphatic carbocycles. The van der Waals surface area contributed by atoms with Crippen molar-refractivity contribution < 1.29 is 4.39 Å². The number of nitrogens with zero attached hydrogens (tertiary/aromatic N) is 1. The van der Waals surface area contributed by atoms with Gasteiger partial charge in [0.25, 0.3) is 0 Å². The van der Waals surface area contributed by atoms with E-state index in [1.807, 2.05) is 6.07 Å². The molecular formula is C12H14BrFIN3. The molecule has 0 amide bonds. The van der Waals surface area contributed by atoms with Gasteiger partial charge >= 0.3 is 0 Å². The van der Waals surface area contributed by atoms with Gasteiger partial charge in [0, 0.05) is 13.6 Å². The van der Waals surface area contributed by atoms with E-state index in [0.717, 1.165) is 5.56 Å². The van der Waals surface area contributed by atoms with Crippen LogP contribution in [0.25, 0.3) is 0 Å². The van der Waals surface area contributed by atoms with Crippen molar-refractivity contribution in [3.8, 4) is 12.3 Å². The SMILES string of the molecule is C#CCNC(=NC)NCc1ccc(Br)c(F)c1.I. The Balaban J connectivity index is 0.00000289. The van der Waals surface area contributed by atoms with E-state index >= 15 is 0 Å². The summed E-state index contributed by atoms with van der Waals surface area (Å²) in [6.45, 7) is 0.878. The van der Waals surface area contributed by atoms with Gasteiger partial charge < -0.3 is 10.6 Å². The Hall–Kier alpha value is -0.810. The number of nitrogens with one attached hydrogen (secondary N) is 2. The number of hydrogen-bond acceptors (Lipinski definition) is 1. The molecule has 98 valence electrons. The van der Waals surface area contributed by atoms with Crippen molar-refractivity contribution in [2.75, 3.05) is 13.6 Å². The summed E-state index contributed by atoms with van der Waals surface area (Å²) in [5, 5.41) is 5.94. The van der Waals surface area contributed by atoms with Gasteiger partial charge in [-0.3, -0.25) is 4.99 Å². The van der Waals surface area contributed by atoms with E-state index in [1.54, 1.807) is 13.1 Å². The van der Waals surface area contributed by atoms with Gasteiger partial charge in [0.15, 0.2) is 5.96 Å². The van der Waals surface area contributed by atoms with Crippen molar-refractivity contribution in [3.63, 3.8) is 0 Å². The Morgan fingerprint density at radius 1 is 1.50 bits per heavy atom. The van der Waals surface area contributed by atoms with Crippen LogP contribution < -0.4 is 10.6 Å². The molecule has 0 fully saturated rings. The van der Waals surface area contributed by atoms with Crippen LogP contribution in [-0.2, 0) is 6.54 Å². The van der Waals surface area contributed by atoms with Crippen LogP contribution in [0.1, 0.15) is 5.56 Å². The fraction of sp³-hybridized carbons (Fsp3) is 0.250. The number of guanidine groups is 1. The van der Waals surface area contributed by atoms with Crippen molar-refractivity contribution in [1.82, 2.24) is 10.6 Å². The Bertz CT molecular complexity index is 457. The van der Waals surface area contributed by atoms with Crippen molar-refractivity contribution in [3.05, 3.63) is 34.1 Å². The van der Waals surface area contributed by atoms with Crippen LogP contribution in [-0.4, -0.2) is 19.6 Å². The molecule has 0 atom stereocenters. The molecule has 0 aliphatic heterocycles. The molecule has 0 radical (unpaired) electrons. The zero-order valence-electron chi connectivity index (χ0n) is 9.84. The topological polar surface area (TPSA) is 36.4 Å². The molecule has 1 aromatic carbocycles. The summed E-state index contributed by atoms with van der Waals surface area (Å²) in [7, 11) is 1.65. The van der Waals surface area contributed by atoms with E-state index in [4.69, 9.17) is 6.42 Å². The Labute approximate surface area is 132 Å². The molecule has 0 heterocycles. The zero-order valence-corrected chi connectivity index (χ0v) is 13.8. The number of hydrogen-bond donors (Lipinski definition) is 2. The molecule has 0 saturated carbocycles. The maximum atomic E-state index is 13.2. The average molecular weight is 426 g/mol. The molecule has 0 saturated heterocycles. The van der Waals surface area contributed by atoms with Crippen LogP contribution in [0.3, 0.4) is 0 Å². The van der Waals surface area contributed by atoms with Crippen LogP contribution >= 0.6 is 39.9 Å². The molecule has 1 rings (SSSR count). The molecule has 1 aromatic rings. The quantitative estimate of drug-likeness (QED) is 0.338. The second kappa shape index (κ2) is 9.16. The van der Waals surface area contributed by atoms with E-state index in [-0.39, 0.29) is 29.8 Å². The van der Waals surface area contributed by atoms with E-state index in [2.05, 4.69) is 37.5 Å². The number of terminal acetylenes is 1. The maximum Gasteiger partial charge on any atom is 0.192 e. The smallest absolute Gasteiger partial charge is 0.192 e. The van der Waals surface area contributed by atoms with Crippen molar-refractivity contribution in [2.45, 2.75) is 6.54 Å². The zero-order chi connectivity index (χ0) is 12.7. The Morgan fingerprint density at radius 3 is 2.78 bits per heavy atom. The highest BCUT2D eigenvalue weighted by atomic mass is 127. The molecule has 0 aromatic heterocycles. The summed E-state index contributed by atoms with van der Waals surface area (Å²) in [6.07, 6.45) is 5.13. The van der Waals surface area contributed by atoms with Crippen molar-refractivity contribution in [1.29, 1.82) is 0 Å². The fourth-order valence-corrected chi connectivity index (χ4v) is 1.44. The van der Waals surface area contributed by atoms with Gasteiger partial charge in [0.1, 0.15) is 5.82 Å². The Kier molecular flexibility index (Phi) is 8.75. The van der Waals surface area contributed by atoms with Gasteiger partial charge in [-0.05, 0) is 33.6 Å². The summed E-state index contributed by atoms with van der Waals surface area (Å²) in [4.78, 5) is 3.98. The average Bonchev–Trinajstić information content (AvgIpc) is 2.34. The normalized spacial score (nSPS) is 10.2. The fourth-order valence-electron chi connectivity index (χ4n) is 1.19. The van der Waals surface area contributed by atoms with Crippen LogP contribution in [0.4, 0.5) is 4.39 Å². The highest BCUT2D eigenvalue weighted by Crippen LogP contribution is 2.16. The van der Waals surface area contributed by atoms with Gasteiger partial charge in [-0.15, -0.1) is 30.4 Å². The minimum absolute atomic E-state index is 0. The van der Waals surface area contributed by atoms with Crippen LogP contribution in [0.15, 0.2) is 27.7 Å². The summed E-state index contributed by atoms with van der Waals surface area (Å²) >= 11 is 3.10. The molecular weight excluding hydrogens is 412 g/mol. The first-order chi connectivity index (χ1) is 8.17. The lowest BCUT2D eigenvalue weighted by Gasteiger charge is -2.10. The second-order valence-electron chi connectivity index (χ2n) is 3.23. The molecule has 0 unspecified atom stereocenters. The largest absolute Gasteiger partial charge is 0.352 e. The third-order valence-corrected chi connectivity index (χ3v) is 2.67.